The van der Waals surface area contributed by atoms with E-state index in [9.17, 15) is 0 Å². The second-order valence-corrected chi connectivity index (χ2v) is 5.65. The second-order valence-electron chi connectivity index (χ2n) is 5.21. The van der Waals surface area contributed by atoms with Gasteiger partial charge in [-0.3, -0.25) is 9.99 Å². The van der Waals surface area contributed by atoms with Crippen LogP contribution in [0.3, 0.4) is 0 Å². The van der Waals surface area contributed by atoms with Gasteiger partial charge in [0, 0.05) is 41.6 Å². The lowest BCUT2D eigenvalue weighted by Crippen LogP contribution is -2.26. The maximum absolute atomic E-state index is 5.99. The summed E-state index contributed by atoms with van der Waals surface area (Å²) in [4.78, 5) is 4.22. The van der Waals surface area contributed by atoms with Gasteiger partial charge in [-0.2, -0.15) is 5.10 Å². The fourth-order valence-electron chi connectivity index (χ4n) is 2.51. The first-order valence-corrected chi connectivity index (χ1v) is 7.70. The van der Waals surface area contributed by atoms with Gasteiger partial charge in [-0.05, 0) is 43.5 Å². The number of rotatable bonds is 3. The fraction of sp³-hybridized carbons (Fsp3) is 0.294. The zero-order valence-corrected chi connectivity index (χ0v) is 12.6. The van der Waals surface area contributed by atoms with E-state index in [1.165, 1.54) is 19.3 Å². The first-order chi connectivity index (χ1) is 10.3. The van der Waals surface area contributed by atoms with Crippen molar-refractivity contribution < 1.29 is 0 Å². The van der Waals surface area contributed by atoms with E-state index >= 15 is 0 Å². The maximum Gasteiger partial charge on any atom is 0.0991 e. The smallest absolute Gasteiger partial charge is 0.0991 e. The molecule has 1 fully saturated rings. The quantitative estimate of drug-likeness (QED) is 0.802. The van der Waals surface area contributed by atoms with Gasteiger partial charge in [-0.25, -0.2) is 0 Å². The molecule has 1 aromatic heterocycles. The molecule has 0 radical (unpaired) electrons. The molecule has 1 aliphatic rings. The SMILES string of the molecule is Clc1ccc(/C(=N/N2CCCCC2)c2cccnc2)cc1. The largest absolute Gasteiger partial charge is 0.296 e. The number of halogens is 1. The monoisotopic (exact) mass is 299 g/mol. The normalized spacial score (nSPS) is 16.0. The third-order valence-electron chi connectivity index (χ3n) is 3.63. The molecule has 2 aromatic rings. The minimum absolute atomic E-state index is 0.738. The lowest BCUT2D eigenvalue weighted by atomic mass is 10.0. The first kappa shape index (κ1) is 14.1. The van der Waals surface area contributed by atoms with E-state index in [4.69, 9.17) is 16.7 Å². The van der Waals surface area contributed by atoms with Gasteiger partial charge in [0.05, 0.1) is 5.71 Å². The number of hydrogen-bond donors (Lipinski definition) is 0. The molecule has 3 rings (SSSR count). The van der Waals surface area contributed by atoms with Crippen LogP contribution in [0.15, 0.2) is 53.9 Å². The average Bonchev–Trinajstić information content (AvgIpc) is 2.55. The van der Waals surface area contributed by atoms with Crippen molar-refractivity contribution in [2.75, 3.05) is 13.1 Å². The number of hydrazone groups is 1. The van der Waals surface area contributed by atoms with Gasteiger partial charge in [0.15, 0.2) is 0 Å². The van der Waals surface area contributed by atoms with Gasteiger partial charge >= 0.3 is 0 Å². The Kier molecular flexibility index (Phi) is 4.51. The summed E-state index contributed by atoms with van der Waals surface area (Å²) in [5.41, 5.74) is 3.06. The van der Waals surface area contributed by atoms with Crippen LogP contribution in [-0.2, 0) is 0 Å². The molecular formula is C17H18ClN3. The summed E-state index contributed by atoms with van der Waals surface area (Å²) in [5, 5.41) is 7.78. The predicted octanol–water partition coefficient (Wildman–Crippen LogP) is 3.97. The van der Waals surface area contributed by atoms with Crippen LogP contribution in [0.25, 0.3) is 0 Å². The number of benzene rings is 1. The molecule has 0 N–H and O–H groups in total. The Morgan fingerprint density at radius 2 is 1.76 bits per heavy atom. The van der Waals surface area contributed by atoms with Gasteiger partial charge in [-0.1, -0.05) is 23.7 Å². The molecule has 0 amide bonds. The van der Waals surface area contributed by atoms with Crippen LogP contribution < -0.4 is 0 Å². The van der Waals surface area contributed by atoms with E-state index in [1.807, 2.05) is 42.6 Å². The second kappa shape index (κ2) is 6.72. The lowest BCUT2D eigenvalue weighted by molar-refractivity contribution is 0.239. The first-order valence-electron chi connectivity index (χ1n) is 7.33. The Morgan fingerprint density at radius 3 is 2.43 bits per heavy atom. The molecule has 0 saturated carbocycles. The summed E-state index contributed by atoms with van der Waals surface area (Å²) in [7, 11) is 0. The number of hydrogen-bond acceptors (Lipinski definition) is 3. The molecule has 21 heavy (non-hydrogen) atoms. The Balaban J connectivity index is 1.98. The summed E-state index contributed by atoms with van der Waals surface area (Å²) in [6, 6.07) is 11.8. The van der Waals surface area contributed by atoms with Crippen molar-refractivity contribution in [1.29, 1.82) is 0 Å². The molecule has 108 valence electrons. The van der Waals surface area contributed by atoms with Crippen molar-refractivity contribution in [3.05, 3.63) is 64.9 Å². The van der Waals surface area contributed by atoms with Crippen LogP contribution >= 0.6 is 11.6 Å². The Morgan fingerprint density at radius 1 is 1.00 bits per heavy atom. The lowest BCUT2D eigenvalue weighted by Gasteiger charge is -2.25. The van der Waals surface area contributed by atoms with E-state index in [0.717, 1.165) is 35.0 Å². The van der Waals surface area contributed by atoms with Crippen molar-refractivity contribution in [2.45, 2.75) is 19.3 Å². The third-order valence-corrected chi connectivity index (χ3v) is 3.88. The molecule has 1 aliphatic heterocycles. The van der Waals surface area contributed by atoms with Crippen LogP contribution in [0.1, 0.15) is 30.4 Å². The minimum Gasteiger partial charge on any atom is -0.296 e. The zero-order valence-electron chi connectivity index (χ0n) is 11.9. The highest BCUT2D eigenvalue weighted by molar-refractivity contribution is 6.30. The maximum atomic E-state index is 5.99. The van der Waals surface area contributed by atoms with Gasteiger partial charge in [0.1, 0.15) is 0 Å². The van der Waals surface area contributed by atoms with Crippen LogP contribution in [0.4, 0.5) is 0 Å². The molecule has 1 aromatic carbocycles. The number of aromatic nitrogens is 1. The van der Waals surface area contributed by atoms with Crippen molar-refractivity contribution in [3.63, 3.8) is 0 Å². The van der Waals surface area contributed by atoms with Gasteiger partial charge in [0.25, 0.3) is 0 Å². The third kappa shape index (κ3) is 3.61. The summed E-state index contributed by atoms with van der Waals surface area (Å²) in [6.45, 7) is 2.05. The Labute approximate surface area is 130 Å². The van der Waals surface area contributed by atoms with Crippen molar-refractivity contribution in [2.24, 2.45) is 5.10 Å². The standard InChI is InChI=1S/C17H18ClN3/c18-16-8-6-14(7-9-16)17(15-5-4-10-19-13-15)20-21-11-2-1-3-12-21/h4-10,13H,1-3,11-12H2/b20-17-. The van der Waals surface area contributed by atoms with Crippen molar-refractivity contribution in [1.82, 2.24) is 9.99 Å². The van der Waals surface area contributed by atoms with E-state index in [-0.39, 0.29) is 0 Å². The highest BCUT2D eigenvalue weighted by atomic mass is 35.5. The molecule has 0 atom stereocenters. The summed E-state index contributed by atoms with van der Waals surface area (Å²) in [5.74, 6) is 0. The fourth-order valence-corrected chi connectivity index (χ4v) is 2.64. The average molecular weight is 300 g/mol. The molecule has 2 heterocycles. The Hall–Kier alpha value is -1.87. The van der Waals surface area contributed by atoms with E-state index < -0.39 is 0 Å². The van der Waals surface area contributed by atoms with E-state index in [2.05, 4.69) is 9.99 Å². The van der Waals surface area contributed by atoms with Crippen LogP contribution in [-0.4, -0.2) is 28.8 Å². The number of nitrogens with zero attached hydrogens (tertiary/aromatic N) is 3. The highest BCUT2D eigenvalue weighted by Crippen LogP contribution is 2.17. The van der Waals surface area contributed by atoms with Crippen LogP contribution in [0.5, 0.6) is 0 Å². The zero-order chi connectivity index (χ0) is 14.5. The molecule has 0 spiro atoms. The van der Waals surface area contributed by atoms with Crippen LogP contribution in [0.2, 0.25) is 5.02 Å². The van der Waals surface area contributed by atoms with E-state index in [0.29, 0.717) is 0 Å². The number of piperidine rings is 1. The molecule has 1 saturated heterocycles. The predicted molar refractivity (Wildman–Crippen MR) is 86.8 cm³/mol. The molecular weight excluding hydrogens is 282 g/mol. The highest BCUT2D eigenvalue weighted by Gasteiger charge is 2.12. The van der Waals surface area contributed by atoms with Crippen molar-refractivity contribution in [3.8, 4) is 0 Å². The topological polar surface area (TPSA) is 28.5 Å². The summed E-state index contributed by atoms with van der Waals surface area (Å²) >= 11 is 5.99. The van der Waals surface area contributed by atoms with Gasteiger partial charge in [-0.15, -0.1) is 0 Å². The molecule has 4 heteroatoms. The molecule has 0 bridgehead atoms. The molecule has 0 unspecified atom stereocenters. The Bertz CT molecular complexity index is 602. The van der Waals surface area contributed by atoms with Gasteiger partial charge < -0.3 is 0 Å². The van der Waals surface area contributed by atoms with Crippen molar-refractivity contribution >= 4 is 17.3 Å². The minimum atomic E-state index is 0.738. The summed E-state index contributed by atoms with van der Waals surface area (Å²) in [6.07, 6.45) is 7.37. The van der Waals surface area contributed by atoms with Crippen LogP contribution in [0, 0.1) is 0 Å². The van der Waals surface area contributed by atoms with E-state index in [1.54, 1.807) is 6.20 Å². The van der Waals surface area contributed by atoms with Gasteiger partial charge in [0.2, 0.25) is 0 Å². The molecule has 0 aliphatic carbocycles. The number of pyridine rings is 1. The summed E-state index contributed by atoms with van der Waals surface area (Å²) < 4.78 is 0. The molecule has 3 nitrogen and oxygen atoms in total.